The highest BCUT2D eigenvalue weighted by molar-refractivity contribution is 8.67. The fraction of sp³-hybridized carbons (Fsp3) is 1.00. The van der Waals surface area contributed by atoms with Crippen LogP contribution in [0.4, 0.5) is 0 Å². The summed E-state index contributed by atoms with van der Waals surface area (Å²) >= 11 is 0. The van der Waals surface area contributed by atoms with E-state index >= 15 is 0 Å². The first-order valence-electron chi connectivity index (χ1n) is 2.01. The number of hydrogen-bond acceptors (Lipinski definition) is 3. The van der Waals surface area contributed by atoms with Gasteiger partial charge < -0.3 is 0 Å². The lowest BCUT2D eigenvalue weighted by Crippen LogP contribution is -1.99. The van der Waals surface area contributed by atoms with E-state index in [9.17, 15) is 4.21 Å². The van der Waals surface area contributed by atoms with Crippen molar-refractivity contribution in [2.24, 2.45) is 0 Å². The van der Waals surface area contributed by atoms with Gasteiger partial charge in [-0.2, -0.15) is 0 Å². The number of rotatable bonds is 0. The molecule has 0 aromatic carbocycles. The first-order valence-corrected chi connectivity index (χ1v) is 4.59. The Kier molecular flexibility index (Phi) is 1.72. The summed E-state index contributed by atoms with van der Waals surface area (Å²) < 4.78 is 15.1. The summed E-state index contributed by atoms with van der Waals surface area (Å²) in [7, 11) is 0.319. The van der Waals surface area contributed by atoms with E-state index in [0.29, 0.717) is 0 Å². The molecule has 0 aliphatic carbocycles. The van der Waals surface area contributed by atoms with Crippen LogP contribution in [0.1, 0.15) is 6.92 Å². The van der Waals surface area contributed by atoms with Crippen molar-refractivity contribution in [2.75, 3.05) is 5.75 Å². The van der Waals surface area contributed by atoms with E-state index in [-0.39, 0.29) is 6.10 Å². The SMILES string of the molecule is C[C@@H]1CS[S@@](=O)O1. The van der Waals surface area contributed by atoms with Gasteiger partial charge in [0.2, 0.25) is 10.1 Å². The summed E-state index contributed by atoms with van der Waals surface area (Å²) in [5.41, 5.74) is 0. The molecule has 0 unspecified atom stereocenters. The van der Waals surface area contributed by atoms with E-state index in [1.54, 1.807) is 0 Å². The molecule has 0 amide bonds. The van der Waals surface area contributed by atoms with E-state index < -0.39 is 10.1 Å². The first-order chi connectivity index (χ1) is 3.29. The maximum atomic E-state index is 10.3. The fourth-order valence-corrected chi connectivity index (χ4v) is 2.67. The van der Waals surface area contributed by atoms with Crippen LogP contribution in [0.3, 0.4) is 0 Å². The molecular weight excluding hydrogens is 132 g/mol. The van der Waals surface area contributed by atoms with Crippen molar-refractivity contribution in [1.29, 1.82) is 0 Å². The van der Waals surface area contributed by atoms with Crippen LogP contribution in [-0.2, 0) is 14.3 Å². The molecule has 4 heteroatoms. The van der Waals surface area contributed by atoms with Crippen molar-refractivity contribution >= 4 is 20.9 Å². The van der Waals surface area contributed by atoms with Crippen molar-refractivity contribution in [3.63, 3.8) is 0 Å². The van der Waals surface area contributed by atoms with Gasteiger partial charge in [-0.05, 0) is 17.7 Å². The summed E-state index contributed by atoms with van der Waals surface area (Å²) in [5.74, 6) is 0.868. The van der Waals surface area contributed by atoms with Crippen molar-refractivity contribution in [2.45, 2.75) is 13.0 Å². The van der Waals surface area contributed by atoms with Gasteiger partial charge in [-0.25, -0.2) is 4.21 Å². The van der Waals surface area contributed by atoms with Gasteiger partial charge >= 0.3 is 0 Å². The predicted molar refractivity (Wildman–Crippen MR) is 31.1 cm³/mol. The minimum atomic E-state index is -1.04. The van der Waals surface area contributed by atoms with Crippen LogP contribution in [0.25, 0.3) is 0 Å². The van der Waals surface area contributed by atoms with E-state index in [1.165, 1.54) is 10.8 Å². The molecule has 0 N–H and O–H groups in total. The fourth-order valence-electron chi connectivity index (χ4n) is 0.341. The van der Waals surface area contributed by atoms with Crippen LogP contribution in [0, 0.1) is 0 Å². The second kappa shape index (κ2) is 2.15. The molecule has 0 bridgehead atoms. The van der Waals surface area contributed by atoms with Gasteiger partial charge in [0.15, 0.2) is 0 Å². The van der Waals surface area contributed by atoms with Crippen molar-refractivity contribution in [3.8, 4) is 0 Å². The predicted octanol–water partition coefficient (Wildman–Crippen LogP) is 0.717. The zero-order valence-corrected chi connectivity index (χ0v) is 5.55. The second-order valence-electron chi connectivity index (χ2n) is 1.40. The molecule has 0 saturated carbocycles. The van der Waals surface area contributed by atoms with Crippen LogP contribution in [0.2, 0.25) is 0 Å². The van der Waals surface area contributed by atoms with Gasteiger partial charge in [-0.15, -0.1) is 0 Å². The average molecular weight is 138 g/mol. The van der Waals surface area contributed by atoms with Crippen molar-refractivity contribution in [1.82, 2.24) is 0 Å². The summed E-state index contributed by atoms with van der Waals surface area (Å²) in [6.07, 6.45) is 0.186. The molecule has 0 spiro atoms. The molecule has 0 aromatic rings. The summed E-state index contributed by atoms with van der Waals surface area (Å²) in [6, 6.07) is 0. The molecule has 1 fully saturated rings. The minimum absolute atomic E-state index is 0.186. The molecule has 2 nitrogen and oxygen atoms in total. The monoisotopic (exact) mass is 138 g/mol. The molecule has 1 aliphatic heterocycles. The summed E-state index contributed by atoms with van der Waals surface area (Å²) in [4.78, 5) is 0. The Bertz CT molecular complexity index is 92.9. The Hall–Kier alpha value is 0.460. The molecule has 2 atom stereocenters. The van der Waals surface area contributed by atoms with Gasteiger partial charge in [-0.3, -0.25) is 4.18 Å². The lowest BCUT2D eigenvalue weighted by Gasteiger charge is -1.90. The van der Waals surface area contributed by atoms with Crippen LogP contribution in [0.15, 0.2) is 0 Å². The lowest BCUT2D eigenvalue weighted by atomic mass is 10.5. The zero-order valence-electron chi connectivity index (χ0n) is 3.92. The molecule has 1 rings (SSSR count). The molecule has 1 aliphatic rings. The van der Waals surface area contributed by atoms with E-state index in [4.69, 9.17) is 4.18 Å². The molecule has 7 heavy (non-hydrogen) atoms. The highest BCUT2D eigenvalue weighted by Gasteiger charge is 2.17. The quantitative estimate of drug-likeness (QED) is 0.461. The second-order valence-corrected chi connectivity index (χ2v) is 4.09. The first kappa shape index (κ1) is 5.59. The Morgan fingerprint density at radius 1 is 2.00 bits per heavy atom. The minimum Gasteiger partial charge on any atom is -0.278 e. The number of hydrogen-bond donors (Lipinski definition) is 0. The standard InChI is InChI=1S/C3H6O2S2/c1-3-2-6-7(4)5-3/h3H,2H2,1H3/t3-,7+/m1/s1. The van der Waals surface area contributed by atoms with Gasteiger partial charge in [0, 0.05) is 5.75 Å². The Balaban J connectivity index is 2.40. The summed E-state index contributed by atoms with van der Waals surface area (Å²) in [6.45, 7) is 1.91. The highest BCUT2D eigenvalue weighted by atomic mass is 33.1. The third-order valence-corrected chi connectivity index (χ3v) is 3.15. The van der Waals surface area contributed by atoms with Crippen molar-refractivity contribution in [3.05, 3.63) is 0 Å². The van der Waals surface area contributed by atoms with Crippen LogP contribution < -0.4 is 0 Å². The molecule has 1 heterocycles. The maximum Gasteiger partial charge on any atom is 0.219 e. The third kappa shape index (κ3) is 1.44. The van der Waals surface area contributed by atoms with Gasteiger partial charge in [0.25, 0.3) is 0 Å². The normalized spacial score (nSPS) is 41.9. The Morgan fingerprint density at radius 2 is 2.71 bits per heavy atom. The van der Waals surface area contributed by atoms with Gasteiger partial charge in [0.05, 0.1) is 6.10 Å². The molecule has 0 aromatic heterocycles. The van der Waals surface area contributed by atoms with Gasteiger partial charge in [-0.1, -0.05) is 0 Å². The zero-order chi connectivity index (χ0) is 5.28. The van der Waals surface area contributed by atoms with E-state index in [2.05, 4.69) is 0 Å². The molecule has 42 valence electrons. The maximum absolute atomic E-state index is 10.3. The summed E-state index contributed by atoms with van der Waals surface area (Å²) in [5, 5.41) is 0. The van der Waals surface area contributed by atoms with Crippen LogP contribution >= 0.6 is 10.8 Å². The van der Waals surface area contributed by atoms with Gasteiger partial charge in [0.1, 0.15) is 0 Å². The lowest BCUT2D eigenvalue weighted by molar-refractivity contribution is 0.289. The van der Waals surface area contributed by atoms with Crippen LogP contribution in [-0.4, -0.2) is 16.1 Å². The molecular formula is C3H6O2S2. The third-order valence-electron chi connectivity index (χ3n) is 0.642. The molecule has 1 saturated heterocycles. The highest BCUT2D eigenvalue weighted by Crippen LogP contribution is 2.21. The average Bonchev–Trinajstić information content (AvgIpc) is 1.87. The van der Waals surface area contributed by atoms with Crippen molar-refractivity contribution < 1.29 is 8.39 Å². The Morgan fingerprint density at radius 3 is 2.86 bits per heavy atom. The largest absolute Gasteiger partial charge is 0.278 e. The molecule has 0 radical (unpaired) electrons. The van der Waals surface area contributed by atoms with E-state index in [1.807, 2.05) is 6.92 Å². The Labute approximate surface area is 48.7 Å². The topological polar surface area (TPSA) is 26.3 Å². The smallest absolute Gasteiger partial charge is 0.219 e. The van der Waals surface area contributed by atoms with E-state index in [0.717, 1.165) is 5.75 Å². The van der Waals surface area contributed by atoms with Crippen LogP contribution in [0.5, 0.6) is 0 Å².